The number of primary amides is 1. The van der Waals surface area contributed by atoms with Crippen LogP contribution in [-0.4, -0.2) is 81.1 Å². The molecule has 0 heterocycles. The number of Topliss-reactive ketones (excluding diaryl/α,β-unsaturated/α-hetero) is 4. The molecule has 2 unspecified atom stereocenters. The highest BCUT2D eigenvalue weighted by molar-refractivity contribution is 6.33. The number of hydrogen-bond donors (Lipinski definition) is 4. The number of nitrogens with two attached hydrogens (primary N) is 1. The molecule has 3 aliphatic carbocycles. The summed E-state index contributed by atoms with van der Waals surface area (Å²) in [6.45, 7) is 2.54. The van der Waals surface area contributed by atoms with Crippen molar-refractivity contribution in [2.45, 2.75) is 50.1 Å². The number of likely N-dealkylation sites (N-methyl/N-ethyl adjacent to an activating group) is 1. The number of aliphatic hydroxyl groups excluding tert-OH is 1. The summed E-state index contributed by atoms with van der Waals surface area (Å²) in [4.78, 5) is 69.6. The highest BCUT2D eigenvalue weighted by Gasteiger charge is 2.81. The van der Waals surface area contributed by atoms with Crippen molar-refractivity contribution in [2.24, 2.45) is 28.4 Å². The van der Waals surface area contributed by atoms with Gasteiger partial charge >= 0.3 is 6.18 Å². The zero-order valence-electron chi connectivity index (χ0n) is 24.2. The van der Waals surface area contributed by atoms with Gasteiger partial charge in [-0.2, -0.15) is 13.2 Å². The average Bonchev–Trinajstić information content (AvgIpc) is 2.92. The van der Waals surface area contributed by atoms with Gasteiger partial charge in [0.25, 0.3) is 0 Å². The number of halogens is 3. The summed E-state index contributed by atoms with van der Waals surface area (Å²) < 4.78 is 39.8. The minimum absolute atomic E-state index is 0.147. The molecule has 2 saturated carbocycles. The molecule has 2 fully saturated rings. The van der Waals surface area contributed by atoms with E-state index < -0.39 is 92.9 Å². The van der Waals surface area contributed by atoms with Gasteiger partial charge in [0.05, 0.1) is 34.6 Å². The molecule has 0 saturated heterocycles. The van der Waals surface area contributed by atoms with Crippen molar-refractivity contribution in [3.05, 3.63) is 64.7 Å². The monoisotopic (exact) mass is 616 g/mol. The van der Waals surface area contributed by atoms with E-state index in [0.29, 0.717) is 5.56 Å². The van der Waals surface area contributed by atoms with Gasteiger partial charge in [-0.05, 0) is 55.8 Å². The second-order valence-corrected chi connectivity index (χ2v) is 12.6. The first-order chi connectivity index (χ1) is 20.3. The molecule has 234 valence electrons. The van der Waals surface area contributed by atoms with Crippen molar-refractivity contribution < 1.29 is 52.5 Å². The standard InChI is InChI=1S/C31H31F3N2O8/c1-28-16(12-13-8-10-14(11-9-13)31(32,33)34)15-6-5-7-17(37)18(15)21(38)20(28)25(41)30(44)24(40)19(26(35)42)22(39)23(36(3)4)29(30,2)27(28)43/h5-11,16,19-20,23,27,37,43-44H,12H2,1-4H3,(H2,35,42)/t16-,19?,20?,23+,27-,28+,29+,30+/m0/s1. The van der Waals surface area contributed by atoms with Crippen molar-refractivity contribution >= 4 is 29.0 Å². The van der Waals surface area contributed by atoms with Crippen molar-refractivity contribution in [1.29, 1.82) is 0 Å². The largest absolute Gasteiger partial charge is 0.507 e. The van der Waals surface area contributed by atoms with Crippen LogP contribution >= 0.6 is 0 Å². The fourth-order valence-corrected chi connectivity index (χ4v) is 8.13. The molecule has 2 aromatic rings. The summed E-state index contributed by atoms with van der Waals surface area (Å²) >= 11 is 0. The lowest BCUT2D eigenvalue weighted by atomic mass is 9.38. The molecule has 44 heavy (non-hydrogen) atoms. The quantitative estimate of drug-likeness (QED) is 0.370. The van der Waals surface area contributed by atoms with Crippen LogP contribution in [0.15, 0.2) is 42.5 Å². The molecule has 3 aliphatic rings. The van der Waals surface area contributed by atoms with Crippen LogP contribution in [-0.2, 0) is 31.8 Å². The van der Waals surface area contributed by atoms with Crippen LogP contribution in [0.25, 0.3) is 0 Å². The lowest BCUT2D eigenvalue weighted by Crippen LogP contribution is -2.84. The molecule has 0 aromatic heterocycles. The van der Waals surface area contributed by atoms with Gasteiger partial charge in [0.15, 0.2) is 34.7 Å². The number of phenols is 1. The van der Waals surface area contributed by atoms with Gasteiger partial charge in [-0.25, -0.2) is 0 Å². The highest BCUT2D eigenvalue weighted by Crippen LogP contribution is 2.65. The Morgan fingerprint density at radius 3 is 2.11 bits per heavy atom. The number of benzene rings is 2. The molecule has 10 nitrogen and oxygen atoms in total. The normalized spacial score (nSPS) is 35.3. The second-order valence-electron chi connectivity index (χ2n) is 12.6. The first-order valence-electron chi connectivity index (χ1n) is 13.8. The van der Waals surface area contributed by atoms with E-state index in [1.54, 1.807) is 0 Å². The van der Waals surface area contributed by atoms with Crippen molar-refractivity contribution in [1.82, 2.24) is 4.90 Å². The van der Waals surface area contributed by atoms with Gasteiger partial charge in [-0.1, -0.05) is 38.1 Å². The average molecular weight is 617 g/mol. The molecular formula is C31H31F3N2O8. The van der Waals surface area contributed by atoms with Crippen LogP contribution in [0.2, 0.25) is 0 Å². The number of carbonyl (C=O) groups excluding carboxylic acids is 5. The molecule has 0 aliphatic heterocycles. The van der Waals surface area contributed by atoms with Crippen molar-refractivity contribution in [3.8, 4) is 5.75 Å². The minimum Gasteiger partial charge on any atom is -0.507 e. The number of amides is 1. The Morgan fingerprint density at radius 2 is 1.59 bits per heavy atom. The second kappa shape index (κ2) is 9.78. The predicted octanol–water partition coefficient (Wildman–Crippen LogP) is 1.42. The van der Waals surface area contributed by atoms with E-state index in [9.17, 15) is 52.5 Å². The predicted molar refractivity (Wildman–Crippen MR) is 146 cm³/mol. The van der Waals surface area contributed by atoms with Crippen LogP contribution in [0.1, 0.15) is 46.8 Å². The molecular weight excluding hydrogens is 585 g/mol. The van der Waals surface area contributed by atoms with Crippen LogP contribution in [0, 0.1) is 22.7 Å². The van der Waals surface area contributed by atoms with Gasteiger partial charge in [0.2, 0.25) is 5.91 Å². The number of hydrogen-bond acceptors (Lipinski definition) is 9. The smallest absolute Gasteiger partial charge is 0.416 e. The Labute approximate surface area is 249 Å². The molecule has 1 amide bonds. The molecule has 0 bridgehead atoms. The fourth-order valence-electron chi connectivity index (χ4n) is 8.13. The van der Waals surface area contributed by atoms with Crippen LogP contribution in [0.3, 0.4) is 0 Å². The third-order valence-electron chi connectivity index (χ3n) is 10.1. The SMILES string of the molecule is CN(C)[C@@H]1C(=O)C(C(N)=O)C(=O)[C@@]2(O)C(=O)C3C(=O)c4c(O)cccc4[C@H](Cc4ccc(C(F)(F)F)cc4)[C@@]3(C)[C@H](O)[C@@]12C. The van der Waals surface area contributed by atoms with E-state index in [2.05, 4.69) is 0 Å². The molecule has 8 atom stereocenters. The molecule has 0 spiro atoms. The summed E-state index contributed by atoms with van der Waals surface area (Å²) in [6, 6.07) is 6.62. The summed E-state index contributed by atoms with van der Waals surface area (Å²) in [5.41, 5.74) is -2.79. The van der Waals surface area contributed by atoms with Gasteiger partial charge in [-0.3, -0.25) is 28.9 Å². The van der Waals surface area contributed by atoms with E-state index in [0.717, 1.165) is 19.1 Å². The third kappa shape index (κ3) is 3.81. The highest BCUT2D eigenvalue weighted by atomic mass is 19.4. The Balaban J connectivity index is 1.79. The van der Waals surface area contributed by atoms with Crippen LogP contribution in [0.4, 0.5) is 13.2 Å². The number of phenolic OH excluding ortho intramolecular Hbond substituents is 1. The Morgan fingerprint density at radius 1 is 1.00 bits per heavy atom. The van der Waals surface area contributed by atoms with E-state index in [4.69, 9.17) is 5.73 Å². The number of nitrogens with zero attached hydrogens (tertiary/aromatic N) is 1. The number of aliphatic hydroxyl groups is 2. The molecule has 2 aromatic carbocycles. The van der Waals surface area contributed by atoms with E-state index in [-0.39, 0.29) is 17.5 Å². The third-order valence-corrected chi connectivity index (χ3v) is 10.1. The van der Waals surface area contributed by atoms with Crippen molar-refractivity contribution in [3.63, 3.8) is 0 Å². The summed E-state index contributed by atoms with van der Waals surface area (Å²) in [5, 5.41) is 35.3. The lowest BCUT2D eigenvalue weighted by Gasteiger charge is -2.65. The van der Waals surface area contributed by atoms with Gasteiger partial charge in [-0.15, -0.1) is 0 Å². The Kier molecular flexibility index (Phi) is 7.00. The van der Waals surface area contributed by atoms with E-state index in [1.165, 1.54) is 56.3 Å². The molecule has 0 radical (unpaired) electrons. The number of ketones is 4. The Hall–Kier alpha value is -3.94. The van der Waals surface area contributed by atoms with Crippen molar-refractivity contribution in [2.75, 3.05) is 14.1 Å². The topological polar surface area (TPSA) is 175 Å². The van der Waals surface area contributed by atoms with Gasteiger partial charge in [0, 0.05) is 5.41 Å². The number of alkyl halides is 3. The minimum atomic E-state index is -4.61. The maximum atomic E-state index is 14.5. The number of carbonyl (C=O) groups is 5. The van der Waals surface area contributed by atoms with Crippen LogP contribution < -0.4 is 5.73 Å². The number of rotatable bonds is 4. The summed E-state index contributed by atoms with van der Waals surface area (Å²) in [6.07, 6.45) is -6.73. The molecule has 5 rings (SSSR count). The van der Waals surface area contributed by atoms with Gasteiger partial charge in [0.1, 0.15) is 5.75 Å². The maximum Gasteiger partial charge on any atom is 0.416 e. The zero-order valence-corrected chi connectivity index (χ0v) is 24.2. The first kappa shape index (κ1) is 31.5. The lowest BCUT2D eigenvalue weighted by molar-refractivity contribution is -0.237. The van der Waals surface area contributed by atoms with E-state index in [1.807, 2.05) is 0 Å². The Bertz CT molecular complexity index is 1620. The first-order valence-corrected chi connectivity index (χ1v) is 13.8. The molecule has 5 N–H and O–H groups in total. The number of aromatic hydroxyl groups is 1. The maximum absolute atomic E-state index is 14.5. The fraction of sp³-hybridized carbons (Fsp3) is 0.452. The summed E-state index contributed by atoms with van der Waals surface area (Å²) in [7, 11) is 2.76. The summed E-state index contributed by atoms with van der Waals surface area (Å²) in [5.74, 6) is -12.2. The van der Waals surface area contributed by atoms with E-state index >= 15 is 0 Å². The van der Waals surface area contributed by atoms with Gasteiger partial charge < -0.3 is 21.1 Å². The number of fused-ring (bicyclic) bond motifs is 3. The zero-order chi connectivity index (χ0) is 32.9. The van der Waals surface area contributed by atoms with Crippen LogP contribution in [0.5, 0.6) is 5.75 Å². The molecule has 13 heteroatoms.